The van der Waals surface area contributed by atoms with Crippen molar-refractivity contribution < 1.29 is 9.53 Å². The zero-order valence-corrected chi connectivity index (χ0v) is 9.48. The van der Waals surface area contributed by atoms with E-state index in [1.165, 1.54) is 6.34 Å². The van der Waals surface area contributed by atoms with Crippen LogP contribution in [0.5, 0.6) is 11.5 Å². The van der Waals surface area contributed by atoms with E-state index in [0.717, 1.165) is 11.4 Å². The predicted octanol–water partition coefficient (Wildman–Crippen LogP) is 2.28. The third-order valence-corrected chi connectivity index (χ3v) is 2.08. The largest absolute Gasteiger partial charge is 0.457 e. The average Bonchev–Trinajstić information content (AvgIpc) is 2.42. The fourth-order valence-corrected chi connectivity index (χ4v) is 1.28. The third-order valence-electron chi connectivity index (χ3n) is 2.08. The Morgan fingerprint density at radius 1 is 1.06 bits per heavy atom. The number of pyridine rings is 1. The molecule has 2 rings (SSSR count). The number of hydrogen-bond donors (Lipinski definition) is 1. The topological polar surface area (TPSA) is 63.6 Å². The molecule has 1 heterocycles. The zero-order chi connectivity index (χ0) is 12.6. The third kappa shape index (κ3) is 3.41. The summed E-state index contributed by atoms with van der Waals surface area (Å²) in [6.07, 6.45) is 5.22. The van der Waals surface area contributed by atoms with E-state index in [2.05, 4.69) is 15.3 Å². The predicted molar refractivity (Wildman–Crippen MR) is 68.1 cm³/mol. The normalized spacial score (nSPS) is 10.2. The first-order chi connectivity index (χ1) is 8.88. The number of rotatable bonds is 5. The number of aliphatic imine (C=N–C) groups is 1. The molecular weight excluding hydrogens is 230 g/mol. The monoisotopic (exact) mass is 241 g/mol. The summed E-state index contributed by atoms with van der Waals surface area (Å²) in [5.74, 6) is 1.44. The van der Waals surface area contributed by atoms with E-state index < -0.39 is 0 Å². The molecule has 1 aromatic carbocycles. The Bertz CT molecular complexity index is 524. The van der Waals surface area contributed by atoms with Crippen LogP contribution < -0.4 is 10.1 Å². The van der Waals surface area contributed by atoms with Gasteiger partial charge in [0.25, 0.3) is 0 Å². The van der Waals surface area contributed by atoms with Gasteiger partial charge in [0.05, 0.1) is 12.0 Å². The van der Waals surface area contributed by atoms with Gasteiger partial charge in [-0.3, -0.25) is 9.78 Å². The molecule has 2 aromatic rings. The quantitative estimate of drug-likeness (QED) is 0.496. The zero-order valence-electron chi connectivity index (χ0n) is 9.48. The maximum absolute atomic E-state index is 10.0. The van der Waals surface area contributed by atoms with Gasteiger partial charge in [-0.05, 0) is 36.4 Å². The van der Waals surface area contributed by atoms with Crippen LogP contribution in [0.15, 0.2) is 53.8 Å². The number of hydrogen-bond acceptors (Lipinski definition) is 4. The van der Waals surface area contributed by atoms with Crippen LogP contribution in [0.25, 0.3) is 0 Å². The number of carbonyl (C=O) groups excluding carboxylic acids is 1. The summed E-state index contributed by atoms with van der Waals surface area (Å²) >= 11 is 0. The standard InChI is InChI=1S/C13H11N3O2/c17-10-15-9-16-11-1-3-12(4-2-11)18-13-5-7-14-8-6-13/h1-10H,(H,15,16,17). The summed E-state index contributed by atoms with van der Waals surface area (Å²) in [6.45, 7) is 0. The molecule has 0 saturated carbocycles. The summed E-state index contributed by atoms with van der Waals surface area (Å²) < 4.78 is 5.60. The van der Waals surface area contributed by atoms with E-state index >= 15 is 0 Å². The molecule has 0 bridgehead atoms. The number of nitrogens with zero attached hydrogens (tertiary/aromatic N) is 2. The number of ether oxygens (including phenoxy) is 1. The van der Waals surface area contributed by atoms with E-state index in [-0.39, 0.29) is 0 Å². The van der Waals surface area contributed by atoms with Crippen LogP contribution in [-0.4, -0.2) is 17.7 Å². The summed E-state index contributed by atoms with van der Waals surface area (Å²) in [6, 6.07) is 10.7. The number of nitrogens with one attached hydrogen (secondary N) is 1. The lowest BCUT2D eigenvalue weighted by Crippen LogP contribution is -2.05. The van der Waals surface area contributed by atoms with Gasteiger partial charge in [-0.25, -0.2) is 4.99 Å². The second kappa shape index (κ2) is 6.15. The fourth-order valence-electron chi connectivity index (χ4n) is 1.28. The lowest BCUT2D eigenvalue weighted by Gasteiger charge is -2.04. The molecule has 1 N–H and O–H groups in total. The Labute approximate surface area is 104 Å². The van der Waals surface area contributed by atoms with Gasteiger partial charge < -0.3 is 10.1 Å². The maximum Gasteiger partial charge on any atom is 0.212 e. The van der Waals surface area contributed by atoms with Gasteiger partial charge >= 0.3 is 0 Å². The van der Waals surface area contributed by atoms with Crippen molar-refractivity contribution in [2.24, 2.45) is 4.99 Å². The molecule has 0 fully saturated rings. The molecule has 0 aliphatic rings. The molecule has 0 unspecified atom stereocenters. The summed E-state index contributed by atoms with van der Waals surface area (Å²) in [5, 5.41) is 2.34. The van der Waals surface area contributed by atoms with E-state index in [0.29, 0.717) is 12.2 Å². The first-order valence-electron chi connectivity index (χ1n) is 5.28. The molecule has 0 saturated heterocycles. The van der Waals surface area contributed by atoms with Gasteiger partial charge in [-0.2, -0.15) is 0 Å². The highest BCUT2D eigenvalue weighted by molar-refractivity contribution is 5.73. The van der Waals surface area contributed by atoms with Gasteiger partial charge in [0.1, 0.15) is 11.5 Å². The van der Waals surface area contributed by atoms with Crippen molar-refractivity contribution in [2.75, 3.05) is 0 Å². The van der Waals surface area contributed by atoms with Crippen LogP contribution in [0.3, 0.4) is 0 Å². The minimum atomic E-state index is 0.560. The first kappa shape index (κ1) is 11.8. The van der Waals surface area contributed by atoms with Gasteiger partial charge in [-0.1, -0.05) is 0 Å². The van der Waals surface area contributed by atoms with Crippen molar-refractivity contribution >= 4 is 18.4 Å². The van der Waals surface area contributed by atoms with Crippen molar-refractivity contribution in [3.05, 3.63) is 48.8 Å². The van der Waals surface area contributed by atoms with Crippen molar-refractivity contribution in [1.82, 2.24) is 10.3 Å². The molecule has 0 aliphatic heterocycles. The molecule has 18 heavy (non-hydrogen) atoms. The van der Waals surface area contributed by atoms with Crippen LogP contribution >= 0.6 is 0 Å². The highest BCUT2D eigenvalue weighted by Gasteiger charge is 1.96. The molecule has 1 amide bonds. The van der Waals surface area contributed by atoms with E-state index in [4.69, 9.17) is 4.74 Å². The fraction of sp³-hybridized carbons (Fsp3) is 0. The van der Waals surface area contributed by atoms with Crippen LogP contribution in [-0.2, 0) is 4.79 Å². The molecule has 0 spiro atoms. The van der Waals surface area contributed by atoms with Crippen LogP contribution in [0.1, 0.15) is 0 Å². The van der Waals surface area contributed by atoms with Crippen LogP contribution in [0.2, 0.25) is 0 Å². The molecule has 5 nitrogen and oxygen atoms in total. The minimum Gasteiger partial charge on any atom is -0.457 e. The van der Waals surface area contributed by atoms with Crippen molar-refractivity contribution in [1.29, 1.82) is 0 Å². The van der Waals surface area contributed by atoms with Gasteiger partial charge in [-0.15, -0.1) is 0 Å². The molecule has 0 radical (unpaired) electrons. The maximum atomic E-state index is 10.0. The lowest BCUT2D eigenvalue weighted by molar-refractivity contribution is -0.108. The Balaban J connectivity index is 2.02. The summed E-state index contributed by atoms with van der Waals surface area (Å²) in [7, 11) is 0. The van der Waals surface area contributed by atoms with Crippen molar-refractivity contribution in [3.63, 3.8) is 0 Å². The summed E-state index contributed by atoms with van der Waals surface area (Å²) in [5.41, 5.74) is 0.728. The van der Waals surface area contributed by atoms with Gasteiger partial charge in [0.2, 0.25) is 6.41 Å². The molecular formula is C13H11N3O2. The van der Waals surface area contributed by atoms with E-state index in [1.54, 1.807) is 48.8 Å². The number of aromatic nitrogens is 1. The number of carbonyl (C=O) groups is 1. The van der Waals surface area contributed by atoms with Gasteiger partial charge in [0, 0.05) is 12.4 Å². The molecule has 1 aromatic heterocycles. The van der Waals surface area contributed by atoms with Gasteiger partial charge in [0.15, 0.2) is 0 Å². The number of benzene rings is 1. The van der Waals surface area contributed by atoms with E-state index in [1.807, 2.05) is 0 Å². The average molecular weight is 241 g/mol. The Hall–Kier alpha value is -2.69. The second-order valence-corrected chi connectivity index (χ2v) is 3.32. The Kier molecular flexibility index (Phi) is 4.02. The lowest BCUT2D eigenvalue weighted by atomic mass is 10.3. The SMILES string of the molecule is O=CNC=Nc1ccc(Oc2ccncc2)cc1. The highest BCUT2D eigenvalue weighted by Crippen LogP contribution is 2.22. The second-order valence-electron chi connectivity index (χ2n) is 3.32. The smallest absolute Gasteiger partial charge is 0.212 e. The van der Waals surface area contributed by atoms with Crippen LogP contribution in [0, 0.1) is 0 Å². The number of amides is 1. The molecule has 0 atom stereocenters. The van der Waals surface area contributed by atoms with Crippen molar-refractivity contribution in [3.8, 4) is 11.5 Å². The van der Waals surface area contributed by atoms with Crippen LogP contribution in [0.4, 0.5) is 5.69 Å². The van der Waals surface area contributed by atoms with Crippen molar-refractivity contribution in [2.45, 2.75) is 0 Å². The Morgan fingerprint density at radius 3 is 2.39 bits per heavy atom. The molecule has 0 aliphatic carbocycles. The van der Waals surface area contributed by atoms with E-state index in [9.17, 15) is 4.79 Å². The Morgan fingerprint density at radius 2 is 1.72 bits per heavy atom. The minimum absolute atomic E-state index is 0.560. The summed E-state index contributed by atoms with van der Waals surface area (Å²) in [4.78, 5) is 17.9. The highest BCUT2D eigenvalue weighted by atomic mass is 16.5. The molecule has 5 heteroatoms. The molecule has 90 valence electrons. The first-order valence-corrected chi connectivity index (χ1v) is 5.28.